The Hall–Kier alpha value is -2.72. The summed E-state index contributed by atoms with van der Waals surface area (Å²) >= 11 is 0. The van der Waals surface area contributed by atoms with Gasteiger partial charge in [-0.3, -0.25) is 14.1 Å². The van der Waals surface area contributed by atoms with Crippen LogP contribution in [0.1, 0.15) is 22.2 Å². The van der Waals surface area contributed by atoms with Gasteiger partial charge in [0.1, 0.15) is 0 Å². The normalized spacial score (nSPS) is 17.6. The molecule has 1 aliphatic heterocycles. The fourth-order valence-corrected chi connectivity index (χ4v) is 3.42. The van der Waals surface area contributed by atoms with E-state index in [-0.39, 0.29) is 18.0 Å². The van der Waals surface area contributed by atoms with Gasteiger partial charge in [0.2, 0.25) is 0 Å². The Morgan fingerprint density at radius 3 is 2.66 bits per heavy atom. The van der Waals surface area contributed by atoms with E-state index in [0.29, 0.717) is 43.3 Å². The third-order valence-corrected chi connectivity index (χ3v) is 5.25. The third kappa shape index (κ3) is 4.33. The summed E-state index contributed by atoms with van der Waals surface area (Å²) in [6.45, 7) is 2.90. The summed E-state index contributed by atoms with van der Waals surface area (Å²) in [5.41, 5.74) is 1.22. The lowest BCUT2D eigenvalue weighted by molar-refractivity contribution is 0.0743. The number of pyridine rings is 1. The first kappa shape index (κ1) is 21.0. The van der Waals surface area contributed by atoms with E-state index < -0.39 is 0 Å². The van der Waals surface area contributed by atoms with E-state index in [1.165, 1.54) is 0 Å². The number of aromatic nitrogens is 3. The second-order valence-corrected chi connectivity index (χ2v) is 7.54. The Bertz CT molecular complexity index is 882. The van der Waals surface area contributed by atoms with E-state index in [4.69, 9.17) is 4.74 Å². The molecule has 0 aromatic carbocycles. The Balaban J connectivity index is 1.89. The molecule has 1 fully saturated rings. The SMILES string of the molecule is COCCN(C)C(=O)c1ccc2nnc([C@H]3CN(C(=O)N(C)C)CCN3C)n2c1. The molecule has 1 aliphatic rings. The number of methoxy groups -OCH3 is 1. The van der Waals surface area contributed by atoms with Crippen LogP contribution in [0.4, 0.5) is 4.79 Å². The van der Waals surface area contributed by atoms with Crippen LogP contribution in [0.3, 0.4) is 0 Å². The van der Waals surface area contributed by atoms with Gasteiger partial charge in [0.25, 0.3) is 5.91 Å². The number of urea groups is 1. The maximum absolute atomic E-state index is 12.7. The Morgan fingerprint density at radius 2 is 1.97 bits per heavy atom. The maximum atomic E-state index is 12.7. The highest BCUT2D eigenvalue weighted by atomic mass is 16.5. The Kier molecular flexibility index (Phi) is 6.33. The van der Waals surface area contributed by atoms with Crippen molar-refractivity contribution in [3.63, 3.8) is 0 Å². The lowest BCUT2D eigenvalue weighted by atomic mass is 10.1. The lowest BCUT2D eigenvalue weighted by Gasteiger charge is -2.39. The number of carbonyl (C=O) groups is 2. The molecular formula is C19H29N7O3. The van der Waals surface area contributed by atoms with Gasteiger partial charge in [0.05, 0.1) is 18.2 Å². The van der Waals surface area contributed by atoms with Crippen LogP contribution in [0.25, 0.3) is 5.65 Å². The van der Waals surface area contributed by atoms with Gasteiger partial charge in [0, 0.05) is 60.6 Å². The van der Waals surface area contributed by atoms with Crippen LogP contribution in [-0.2, 0) is 4.74 Å². The summed E-state index contributed by atoms with van der Waals surface area (Å²) in [6.07, 6.45) is 1.77. The van der Waals surface area contributed by atoms with Gasteiger partial charge in [-0.25, -0.2) is 4.79 Å². The number of amides is 3. The van der Waals surface area contributed by atoms with Gasteiger partial charge in [-0.15, -0.1) is 10.2 Å². The molecule has 2 aromatic heterocycles. The minimum absolute atomic E-state index is 0.0208. The molecule has 0 radical (unpaired) electrons. The standard InChI is InChI=1S/C19H29N7O3/c1-22(2)19(28)25-9-8-23(3)15(13-25)17-21-20-16-7-6-14(12-26(16)17)18(27)24(4)10-11-29-5/h6-7,12,15H,8-11,13H2,1-5H3/t15-/m1/s1. The fraction of sp³-hybridized carbons (Fsp3) is 0.579. The van der Waals surface area contributed by atoms with Gasteiger partial charge in [0.15, 0.2) is 11.5 Å². The fourth-order valence-electron chi connectivity index (χ4n) is 3.42. The predicted octanol–water partition coefficient (Wildman–Crippen LogP) is 0.418. The lowest BCUT2D eigenvalue weighted by Crippen LogP contribution is -2.52. The van der Waals surface area contributed by atoms with Crippen molar-refractivity contribution < 1.29 is 14.3 Å². The number of rotatable bonds is 5. The number of nitrogens with zero attached hydrogens (tertiary/aromatic N) is 7. The summed E-state index contributed by atoms with van der Waals surface area (Å²) in [5.74, 6) is 0.623. The van der Waals surface area contributed by atoms with Crippen molar-refractivity contribution in [2.75, 3.05) is 68.1 Å². The smallest absolute Gasteiger partial charge is 0.319 e. The van der Waals surface area contributed by atoms with Crippen molar-refractivity contribution in [3.05, 3.63) is 29.7 Å². The number of carbonyl (C=O) groups excluding carboxylic acids is 2. The quantitative estimate of drug-likeness (QED) is 0.719. The molecule has 1 atom stereocenters. The molecule has 0 bridgehead atoms. The minimum atomic E-state index is -0.112. The van der Waals surface area contributed by atoms with Crippen LogP contribution in [0.5, 0.6) is 0 Å². The summed E-state index contributed by atoms with van der Waals surface area (Å²) in [6, 6.07) is 3.41. The van der Waals surface area contributed by atoms with Crippen molar-refractivity contribution >= 4 is 17.6 Å². The van der Waals surface area contributed by atoms with Crippen molar-refractivity contribution in [3.8, 4) is 0 Å². The predicted molar refractivity (Wildman–Crippen MR) is 108 cm³/mol. The Morgan fingerprint density at radius 1 is 1.21 bits per heavy atom. The zero-order chi connectivity index (χ0) is 21.1. The van der Waals surface area contributed by atoms with Crippen LogP contribution in [0.2, 0.25) is 0 Å². The van der Waals surface area contributed by atoms with E-state index in [1.807, 2.05) is 16.3 Å². The molecule has 3 rings (SSSR count). The number of ether oxygens (including phenoxy) is 1. The van der Waals surface area contributed by atoms with Crippen molar-refractivity contribution in [2.45, 2.75) is 6.04 Å². The van der Waals surface area contributed by atoms with Gasteiger partial charge in [-0.2, -0.15) is 0 Å². The molecule has 10 nitrogen and oxygen atoms in total. The molecular weight excluding hydrogens is 374 g/mol. The van der Waals surface area contributed by atoms with Crippen LogP contribution in [-0.4, -0.2) is 114 Å². The van der Waals surface area contributed by atoms with Crippen LogP contribution < -0.4 is 0 Å². The van der Waals surface area contributed by atoms with Crippen LogP contribution >= 0.6 is 0 Å². The van der Waals surface area contributed by atoms with Crippen LogP contribution in [0, 0.1) is 0 Å². The highest BCUT2D eigenvalue weighted by Crippen LogP contribution is 2.24. The molecule has 0 spiro atoms. The largest absolute Gasteiger partial charge is 0.383 e. The topological polar surface area (TPSA) is 86.5 Å². The molecule has 3 heterocycles. The molecule has 2 aromatic rings. The first-order chi connectivity index (χ1) is 13.8. The highest BCUT2D eigenvalue weighted by Gasteiger charge is 2.32. The van der Waals surface area contributed by atoms with Gasteiger partial charge < -0.3 is 19.4 Å². The van der Waals surface area contributed by atoms with E-state index >= 15 is 0 Å². The number of hydrogen-bond donors (Lipinski definition) is 0. The second-order valence-electron chi connectivity index (χ2n) is 7.54. The van der Waals surface area contributed by atoms with Crippen molar-refractivity contribution in [1.29, 1.82) is 0 Å². The van der Waals surface area contributed by atoms with E-state index in [1.54, 1.807) is 56.4 Å². The molecule has 0 unspecified atom stereocenters. The summed E-state index contributed by atoms with van der Waals surface area (Å²) < 4.78 is 6.90. The van der Waals surface area contributed by atoms with Gasteiger partial charge >= 0.3 is 6.03 Å². The zero-order valence-electron chi connectivity index (χ0n) is 17.7. The van der Waals surface area contributed by atoms with E-state index in [0.717, 1.165) is 6.54 Å². The van der Waals surface area contributed by atoms with E-state index in [2.05, 4.69) is 15.1 Å². The second kappa shape index (κ2) is 8.75. The number of hydrogen-bond acceptors (Lipinski definition) is 6. The maximum Gasteiger partial charge on any atom is 0.319 e. The number of piperazine rings is 1. The summed E-state index contributed by atoms with van der Waals surface area (Å²) in [7, 11) is 8.87. The number of likely N-dealkylation sites (N-methyl/N-ethyl adjacent to an activating group) is 2. The average molecular weight is 403 g/mol. The van der Waals surface area contributed by atoms with Crippen molar-refractivity contribution in [2.24, 2.45) is 0 Å². The van der Waals surface area contributed by atoms with Gasteiger partial charge in [-0.1, -0.05) is 0 Å². The first-order valence-corrected chi connectivity index (χ1v) is 9.59. The molecule has 1 saturated heterocycles. The van der Waals surface area contributed by atoms with E-state index in [9.17, 15) is 9.59 Å². The third-order valence-electron chi connectivity index (χ3n) is 5.25. The Labute approximate surface area is 170 Å². The molecule has 0 saturated carbocycles. The van der Waals surface area contributed by atoms with Crippen molar-refractivity contribution in [1.82, 2.24) is 34.2 Å². The highest BCUT2D eigenvalue weighted by molar-refractivity contribution is 5.94. The van der Waals surface area contributed by atoms with Gasteiger partial charge in [-0.05, 0) is 19.2 Å². The molecule has 3 amide bonds. The molecule has 0 aliphatic carbocycles. The zero-order valence-corrected chi connectivity index (χ0v) is 17.7. The molecule has 158 valence electrons. The number of fused-ring (bicyclic) bond motifs is 1. The minimum Gasteiger partial charge on any atom is -0.383 e. The summed E-state index contributed by atoms with van der Waals surface area (Å²) in [4.78, 5) is 32.3. The molecule has 0 N–H and O–H groups in total. The van der Waals surface area contributed by atoms with Crippen LogP contribution in [0.15, 0.2) is 18.3 Å². The monoisotopic (exact) mass is 403 g/mol. The molecule has 10 heteroatoms. The first-order valence-electron chi connectivity index (χ1n) is 9.59. The molecule has 29 heavy (non-hydrogen) atoms. The average Bonchev–Trinajstić information content (AvgIpc) is 3.14. The summed E-state index contributed by atoms with van der Waals surface area (Å²) in [5, 5.41) is 8.63.